The van der Waals surface area contributed by atoms with Crippen molar-refractivity contribution in [3.05, 3.63) is 162 Å². The Morgan fingerprint density at radius 1 is 0.460 bits per heavy atom. The topological polar surface area (TPSA) is 81.0 Å². The molecule has 0 spiro atoms. The SMILES string of the molecule is Cc1nc(C)nc(-c2ccc3c4ccccc4n(-c4cccc5c4C(=O)N(c4cccc(-c6ccccc6)c4-c4ccccc4)C5=O)c3c2)n1. The van der Waals surface area contributed by atoms with Crippen molar-refractivity contribution in [3.63, 3.8) is 0 Å². The number of benzene rings is 6. The van der Waals surface area contributed by atoms with Gasteiger partial charge in [0.2, 0.25) is 0 Å². The Balaban J connectivity index is 1.26. The summed E-state index contributed by atoms with van der Waals surface area (Å²) < 4.78 is 2.08. The first-order valence-electron chi connectivity index (χ1n) is 16.5. The second kappa shape index (κ2) is 11.5. The van der Waals surface area contributed by atoms with Crippen molar-refractivity contribution in [3.8, 4) is 39.3 Å². The zero-order valence-corrected chi connectivity index (χ0v) is 27.3. The van der Waals surface area contributed by atoms with E-state index in [4.69, 9.17) is 0 Å². The lowest BCUT2D eigenvalue weighted by molar-refractivity contribution is 0.0926. The molecule has 0 saturated heterocycles. The summed E-state index contributed by atoms with van der Waals surface area (Å²) in [6.45, 7) is 3.71. The number of imide groups is 1. The number of hydrogen-bond donors (Lipinski definition) is 0. The van der Waals surface area contributed by atoms with Crippen LogP contribution in [0.3, 0.4) is 0 Å². The van der Waals surface area contributed by atoms with Gasteiger partial charge >= 0.3 is 0 Å². The van der Waals surface area contributed by atoms with Gasteiger partial charge in [-0.3, -0.25) is 9.59 Å². The van der Waals surface area contributed by atoms with Gasteiger partial charge in [-0.25, -0.2) is 19.9 Å². The van der Waals surface area contributed by atoms with Gasteiger partial charge in [0.05, 0.1) is 33.5 Å². The van der Waals surface area contributed by atoms with Gasteiger partial charge in [-0.05, 0) is 60.9 Å². The van der Waals surface area contributed by atoms with E-state index in [1.54, 1.807) is 6.07 Å². The van der Waals surface area contributed by atoms with Crippen LogP contribution < -0.4 is 4.90 Å². The number of rotatable bonds is 5. The number of aromatic nitrogens is 4. The minimum absolute atomic E-state index is 0.355. The molecule has 2 aromatic heterocycles. The first kappa shape index (κ1) is 29.4. The zero-order chi connectivity index (χ0) is 33.9. The molecule has 1 aliphatic heterocycles. The quantitative estimate of drug-likeness (QED) is 0.174. The molecule has 50 heavy (non-hydrogen) atoms. The molecule has 6 aromatic carbocycles. The molecule has 0 unspecified atom stereocenters. The Morgan fingerprint density at radius 2 is 1.08 bits per heavy atom. The normalized spacial score (nSPS) is 12.6. The lowest BCUT2D eigenvalue weighted by Gasteiger charge is -2.22. The standard InChI is InChI=1S/C43H29N5O2/c1-26-44-27(2)46-41(45-26)30-23-24-33-32-17-9-10-20-35(32)47(38(33)25-30)37-22-12-19-34-40(37)43(50)48(42(34)49)36-21-11-18-31(28-13-5-3-6-14-28)39(36)29-15-7-4-8-16-29/h3-25H,1-2H3. The van der Waals surface area contributed by atoms with Crippen LogP contribution in [0.4, 0.5) is 5.69 Å². The minimum Gasteiger partial charge on any atom is -0.308 e. The Kier molecular flexibility index (Phi) is 6.74. The maximum Gasteiger partial charge on any atom is 0.268 e. The number of carbonyl (C=O) groups is 2. The van der Waals surface area contributed by atoms with E-state index in [-0.39, 0.29) is 11.8 Å². The lowest BCUT2D eigenvalue weighted by Crippen LogP contribution is -2.30. The molecule has 1 aliphatic rings. The van der Waals surface area contributed by atoms with Gasteiger partial charge in [0.25, 0.3) is 11.8 Å². The maximum atomic E-state index is 14.9. The molecule has 0 aliphatic carbocycles. The highest BCUT2D eigenvalue weighted by atomic mass is 16.2. The van der Waals surface area contributed by atoms with Gasteiger partial charge in [0.15, 0.2) is 5.82 Å². The molecule has 0 N–H and O–H groups in total. The van der Waals surface area contributed by atoms with Crippen LogP contribution in [0, 0.1) is 13.8 Å². The summed E-state index contributed by atoms with van der Waals surface area (Å²) in [6.07, 6.45) is 0. The second-order valence-corrected chi connectivity index (χ2v) is 12.4. The van der Waals surface area contributed by atoms with Gasteiger partial charge < -0.3 is 4.57 Å². The van der Waals surface area contributed by atoms with Crippen molar-refractivity contribution in [1.29, 1.82) is 0 Å². The number of carbonyl (C=O) groups excluding carboxylic acids is 2. The van der Waals surface area contributed by atoms with Crippen molar-refractivity contribution in [2.45, 2.75) is 13.8 Å². The third-order valence-corrected chi connectivity index (χ3v) is 9.36. The molecule has 0 fully saturated rings. The highest BCUT2D eigenvalue weighted by Gasteiger charge is 2.40. The summed E-state index contributed by atoms with van der Waals surface area (Å²) in [5.74, 6) is 1.14. The van der Waals surface area contributed by atoms with Gasteiger partial charge in [0.1, 0.15) is 11.6 Å². The summed E-state index contributed by atoms with van der Waals surface area (Å²) in [5, 5.41) is 2.05. The first-order valence-corrected chi connectivity index (χ1v) is 16.5. The number of para-hydroxylation sites is 1. The Bertz CT molecular complexity index is 2640. The minimum atomic E-state index is -0.367. The van der Waals surface area contributed by atoms with Crippen molar-refractivity contribution in [2.75, 3.05) is 4.90 Å². The molecule has 0 radical (unpaired) electrons. The van der Waals surface area contributed by atoms with Crippen LogP contribution >= 0.6 is 0 Å². The van der Waals surface area contributed by atoms with Crippen molar-refractivity contribution in [1.82, 2.24) is 19.5 Å². The van der Waals surface area contributed by atoms with E-state index in [0.717, 1.165) is 49.6 Å². The molecule has 0 bridgehead atoms. The van der Waals surface area contributed by atoms with E-state index < -0.39 is 0 Å². The van der Waals surface area contributed by atoms with Crippen LogP contribution in [0.2, 0.25) is 0 Å². The van der Waals surface area contributed by atoms with Crippen LogP contribution in [0.15, 0.2) is 140 Å². The molecular weight excluding hydrogens is 619 g/mol. The second-order valence-electron chi connectivity index (χ2n) is 12.4. The summed E-state index contributed by atoms with van der Waals surface area (Å²) >= 11 is 0. The lowest BCUT2D eigenvalue weighted by atomic mass is 9.92. The van der Waals surface area contributed by atoms with Crippen molar-refractivity contribution < 1.29 is 9.59 Å². The summed E-state index contributed by atoms with van der Waals surface area (Å²) in [6, 6.07) is 45.6. The largest absolute Gasteiger partial charge is 0.308 e. The highest BCUT2D eigenvalue weighted by molar-refractivity contribution is 6.36. The molecular formula is C43H29N5O2. The van der Waals surface area contributed by atoms with Crippen molar-refractivity contribution in [2.24, 2.45) is 0 Å². The van der Waals surface area contributed by atoms with Crippen molar-refractivity contribution >= 4 is 39.3 Å². The van der Waals surface area contributed by atoms with E-state index in [2.05, 4.69) is 37.7 Å². The van der Waals surface area contributed by atoms with Gasteiger partial charge in [-0.1, -0.05) is 109 Å². The fourth-order valence-corrected chi connectivity index (χ4v) is 7.28. The van der Waals surface area contributed by atoms with Crippen LogP contribution in [0.1, 0.15) is 32.4 Å². The molecule has 3 heterocycles. The summed E-state index contributed by atoms with van der Waals surface area (Å²) in [5.41, 5.74) is 8.20. The maximum absolute atomic E-state index is 14.9. The van der Waals surface area contributed by atoms with Crippen LogP contribution in [0.25, 0.3) is 61.1 Å². The monoisotopic (exact) mass is 647 g/mol. The Labute approximate surface area is 288 Å². The first-order chi connectivity index (χ1) is 24.5. The molecule has 0 saturated carbocycles. The average Bonchev–Trinajstić information content (AvgIpc) is 3.61. The Hall–Kier alpha value is -6.73. The van der Waals surface area contributed by atoms with Crippen LogP contribution in [-0.2, 0) is 0 Å². The number of nitrogens with zero attached hydrogens (tertiary/aromatic N) is 5. The van der Waals surface area contributed by atoms with Gasteiger partial charge in [-0.2, -0.15) is 0 Å². The van der Waals surface area contributed by atoms with Gasteiger partial charge in [-0.15, -0.1) is 0 Å². The number of hydrogen-bond acceptors (Lipinski definition) is 5. The number of anilines is 1. The molecule has 9 rings (SSSR count). The average molecular weight is 648 g/mol. The van der Waals surface area contributed by atoms with E-state index >= 15 is 0 Å². The summed E-state index contributed by atoms with van der Waals surface area (Å²) in [4.78, 5) is 44.3. The molecule has 8 aromatic rings. The summed E-state index contributed by atoms with van der Waals surface area (Å²) in [7, 11) is 0. The van der Waals surface area contributed by atoms with Gasteiger partial charge in [0, 0.05) is 21.9 Å². The molecule has 0 atom stereocenters. The zero-order valence-electron chi connectivity index (χ0n) is 27.3. The number of aryl methyl sites for hydroxylation is 2. The molecule has 7 nitrogen and oxygen atoms in total. The fraction of sp³-hybridized carbons (Fsp3) is 0.0465. The fourth-order valence-electron chi connectivity index (χ4n) is 7.28. The van der Waals surface area contributed by atoms with E-state index in [9.17, 15) is 9.59 Å². The Morgan fingerprint density at radius 3 is 1.82 bits per heavy atom. The molecule has 238 valence electrons. The predicted molar refractivity (Wildman–Crippen MR) is 198 cm³/mol. The highest BCUT2D eigenvalue weighted by Crippen LogP contribution is 2.44. The van der Waals surface area contributed by atoms with E-state index in [1.807, 2.05) is 129 Å². The third-order valence-electron chi connectivity index (χ3n) is 9.36. The molecule has 2 amide bonds. The molecule has 7 heteroatoms. The smallest absolute Gasteiger partial charge is 0.268 e. The number of amides is 2. The predicted octanol–water partition coefficient (Wildman–Crippen LogP) is 9.39. The van der Waals surface area contributed by atoms with Crippen LogP contribution in [-0.4, -0.2) is 31.3 Å². The van der Waals surface area contributed by atoms with E-state index in [1.165, 1.54) is 4.90 Å². The van der Waals surface area contributed by atoms with E-state index in [0.29, 0.717) is 40.0 Å². The van der Waals surface area contributed by atoms with Crippen LogP contribution in [0.5, 0.6) is 0 Å². The third kappa shape index (κ3) is 4.55. The number of fused-ring (bicyclic) bond motifs is 4.